The maximum atomic E-state index is 13.5. The second kappa shape index (κ2) is 14.8. The first-order valence-corrected chi connectivity index (χ1v) is 13.3. The van der Waals surface area contributed by atoms with Gasteiger partial charge in [-0.05, 0) is 30.5 Å². The van der Waals surface area contributed by atoms with Crippen molar-refractivity contribution in [2.75, 3.05) is 0 Å². The van der Waals surface area contributed by atoms with Crippen LogP contribution in [0.4, 0.5) is 0 Å². The highest BCUT2D eigenvalue weighted by atomic mass is 16.4. The molecule has 13 heteroatoms. The Morgan fingerprint density at radius 2 is 1.40 bits per heavy atom. The number of carboxylic acid groups (broad SMARTS) is 2. The third-order valence-electron chi connectivity index (χ3n) is 6.73. The van der Waals surface area contributed by atoms with Gasteiger partial charge in [-0.15, -0.1) is 0 Å². The molecule has 3 rings (SSSR count). The molecule has 2 aromatic carbocycles. The van der Waals surface area contributed by atoms with Crippen LogP contribution in [0.2, 0.25) is 0 Å². The first-order chi connectivity index (χ1) is 20.0. The first-order valence-electron chi connectivity index (χ1n) is 13.3. The van der Waals surface area contributed by atoms with Gasteiger partial charge in [0.05, 0.1) is 6.10 Å². The van der Waals surface area contributed by atoms with E-state index in [9.17, 15) is 34.2 Å². The maximum Gasteiger partial charge on any atom is 0.326 e. The quantitative estimate of drug-likeness (QED) is 0.121. The third kappa shape index (κ3) is 8.88. The van der Waals surface area contributed by atoms with Gasteiger partial charge >= 0.3 is 11.9 Å². The molecule has 0 radical (unpaired) electrons. The molecule has 1 aromatic heterocycles. The summed E-state index contributed by atoms with van der Waals surface area (Å²) in [7, 11) is 0. The summed E-state index contributed by atoms with van der Waals surface area (Å²) in [5.41, 5.74) is 7.78. The smallest absolute Gasteiger partial charge is 0.326 e. The predicted molar refractivity (Wildman–Crippen MR) is 152 cm³/mol. The Bertz CT molecular complexity index is 1410. The lowest BCUT2D eigenvalue weighted by molar-refractivity contribution is -0.142. The molecule has 5 atom stereocenters. The molecule has 5 unspecified atom stereocenters. The average molecular weight is 582 g/mol. The Labute approximate surface area is 241 Å². The number of aliphatic hydroxyl groups excluding tert-OH is 1. The summed E-state index contributed by atoms with van der Waals surface area (Å²) in [5.74, 6) is -5.05. The van der Waals surface area contributed by atoms with Gasteiger partial charge in [-0.2, -0.15) is 0 Å². The number of carboxylic acids is 2. The zero-order valence-corrected chi connectivity index (χ0v) is 22.9. The molecule has 3 amide bonds. The van der Waals surface area contributed by atoms with Gasteiger partial charge < -0.3 is 42.0 Å². The van der Waals surface area contributed by atoms with Crippen LogP contribution in [0.3, 0.4) is 0 Å². The molecule has 0 aliphatic rings. The zero-order chi connectivity index (χ0) is 30.8. The monoisotopic (exact) mass is 581 g/mol. The summed E-state index contributed by atoms with van der Waals surface area (Å²) in [6.07, 6.45) is -0.449. The van der Waals surface area contributed by atoms with Crippen LogP contribution in [0.5, 0.6) is 0 Å². The highest BCUT2D eigenvalue weighted by molar-refractivity contribution is 5.95. The van der Waals surface area contributed by atoms with Gasteiger partial charge in [0.25, 0.3) is 0 Å². The summed E-state index contributed by atoms with van der Waals surface area (Å²) >= 11 is 0. The summed E-state index contributed by atoms with van der Waals surface area (Å²) in [4.78, 5) is 65.7. The minimum atomic E-state index is -1.41. The number of para-hydroxylation sites is 1. The van der Waals surface area contributed by atoms with E-state index in [2.05, 4.69) is 20.9 Å². The Hall–Kier alpha value is -4.75. The van der Waals surface area contributed by atoms with E-state index in [0.29, 0.717) is 11.1 Å². The lowest BCUT2D eigenvalue weighted by atomic mass is 10.0. The Morgan fingerprint density at radius 1 is 0.810 bits per heavy atom. The number of hydrogen-bond donors (Lipinski definition) is 8. The molecule has 0 saturated carbocycles. The summed E-state index contributed by atoms with van der Waals surface area (Å²) in [6.45, 7) is 1.28. The molecule has 0 bridgehead atoms. The summed E-state index contributed by atoms with van der Waals surface area (Å²) in [6, 6.07) is 10.6. The number of aromatic nitrogens is 1. The van der Waals surface area contributed by atoms with Gasteiger partial charge in [-0.25, -0.2) is 4.79 Å². The van der Waals surface area contributed by atoms with Crippen LogP contribution < -0.4 is 21.7 Å². The molecule has 9 N–H and O–H groups in total. The second-order valence-corrected chi connectivity index (χ2v) is 9.97. The number of amides is 3. The molecule has 42 heavy (non-hydrogen) atoms. The van der Waals surface area contributed by atoms with Gasteiger partial charge in [-0.1, -0.05) is 48.5 Å². The summed E-state index contributed by atoms with van der Waals surface area (Å²) < 4.78 is 0. The number of aliphatic hydroxyl groups is 1. The van der Waals surface area contributed by atoms with Crippen molar-refractivity contribution in [3.05, 3.63) is 71.9 Å². The first kappa shape index (κ1) is 31.8. The SMILES string of the molecule is CC(O)C(N)C(=O)NC(CCC(=O)O)C(=O)NC(Cc1c[nH]c2ccccc12)C(=O)NC(Cc1ccccc1)C(=O)O. The third-order valence-corrected chi connectivity index (χ3v) is 6.73. The minimum Gasteiger partial charge on any atom is -0.481 e. The molecule has 1 heterocycles. The minimum absolute atomic E-state index is 0.00973. The lowest BCUT2D eigenvalue weighted by Gasteiger charge is -2.25. The van der Waals surface area contributed by atoms with Gasteiger partial charge in [0.15, 0.2) is 0 Å². The predicted octanol–water partition coefficient (Wildman–Crippen LogP) is 0.0650. The van der Waals surface area contributed by atoms with Crippen molar-refractivity contribution in [2.24, 2.45) is 5.73 Å². The number of aliphatic carboxylic acids is 2. The molecule has 0 aliphatic heterocycles. The second-order valence-electron chi connectivity index (χ2n) is 9.97. The van der Waals surface area contributed by atoms with E-state index in [4.69, 9.17) is 10.8 Å². The van der Waals surface area contributed by atoms with E-state index in [-0.39, 0.29) is 19.3 Å². The van der Waals surface area contributed by atoms with Crippen molar-refractivity contribution >= 4 is 40.6 Å². The number of aromatic amines is 1. The fourth-order valence-electron chi connectivity index (χ4n) is 4.35. The molecule has 3 aromatic rings. The van der Waals surface area contributed by atoms with E-state index in [1.54, 1.807) is 42.6 Å². The van der Waals surface area contributed by atoms with Crippen molar-refractivity contribution in [1.82, 2.24) is 20.9 Å². The van der Waals surface area contributed by atoms with Crippen LogP contribution in [-0.2, 0) is 36.8 Å². The average Bonchev–Trinajstić information content (AvgIpc) is 3.36. The van der Waals surface area contributed by atoms with Crippen molar-refractivity contribution in [3.8, 4) is 0 Å². The van der Waals surface area contributed by atoms with Crippen LogP contribution in [0.15, 0.2) is 60.8 Å². The van der Waals surface area contributed by atoms with E-state index in [1.807, 2.05) is 18.2 Å². The zero-order valence-electron chi connectivity index (χ0n) is 22.9. The van der Waals surface area contributed by atoms with E-state index in [1.165, 1.54) is 6.92 Å². The Kier molecular flexibility index (Phi) is 11.2. The van der Waals surface area contributed by atoms with Crippen LogP contribution in [-0.4, -0.2) is 80.2 Å². The van der Waals surface area contributed by atoms with Crippen molar-refractivity contribution in [1.29, 1.82) is 0 Å². The maximum absolute atomic E-state index is 13.5. The van der Waals surface area contributed by atoms with Crippen LogP contribution in [0, 0.1) is 0 Å². The number of carbonyl (C=O) groups is 5. The number of carbonyl (C=O) groups excluding carboxylic acids is 3. The molecular formula is C29H35N5O8. The van der Waals surface area contributed by atoms with Gasteiger partial charge in [-0.3, -0.25) is 19.2 Å². The fraction of sp³-hybridized carbons (Fsp3) is 0.345. The molecular weight excluding hydrogens is 546 g/mol. The highest BCUT2D eigenvalue weighted by Gasteiger charge is 2.32. The number of hydrogen-bond acceptors (Lipinski definition) is 7. The molecule has 0 spiro atoms. The van der Waals surface area contributed by atoms with Crippen LogP contribution >= 0.6 is 0 Å². The molecule has 0 saturated heterocycles. The van der Waals surface area contributed by atoms with Gasteiger partial charge in [0.2, 0.25) is 17.7 Å². The standard InChI is InChI=1S/C29H35N5O8/c1-16(35)25(30)28(40)32-21(11-12-24(36)37)26(38)33-22(14-18-15-31-20-10-6-5-9-19(18)20)27(39)34-23(29(41)42)13-17-7-3-2-4-8-17/h2-10,15-16,21-23,25,31,35H,11-14,30H2,1H3,(H,32,40)(H,33,38)(H,34,39)(H,36,37)(H,41,42). The molecule has 0 fully saturated rings. The van der Waals surface area contributed by atoms with Crippen molar-refractivity contribution in [3.63, 3.8) is 0 Å². The Morgan fingerprint density at radius 3 is 2.05 bits per heavy atom. The number of nitrogens with two attached hydrogens (primary N) is 1. The highest BCUT2D eigenvalue weighted by Crippen LogP contribution is 2.19. The molecule has 13 nitrogen and oxygen atoms in total. The normalized spacial score (nSPS) is 14.6. The van der Waals surface area contributed by atoms with Crippen molar-refractivity contribution in [2.45, 2.75) is 62.9 Å². The topological polar surface area (TPSA) is 224 Å². The van der Waals surface area contributed by atoms with E-state index in [0.717, 1.165) is 10.9 Å². The number of rotatable bonds is 15. The van der Waals surface area contributed by atoms with Crippen LogP contribution in [0.1, 0.15) is 30.9 Å². The van der Waals surface area contributed by atoms with E-state index >= 15 is 0 Å². The van der Waals surface area contributed by atoms with Gasteiger partial charge in [0.1, 0.15) is 24.2 Å². The van der Waals surface area contributed by atoms with Crippen molar-refractivity contribution < 1.29 is 39.3 Å². The number of fused-ring (bicyclic) bond motifs is 1. The van der Waals surface area contributed by atoms with Gasteiger partial charge in [0, 0.05) is 36.4 Å². The lowest BCUT2D eigenvalue weighted by Crippen LogP contribution is -2.58. The summed E-state index contributed by atoms with van der Waals surface area (Å²) in [5, 5.41) is 36.8. The van der Waals surface area contributed by atoms with E-state index < -0.39 is 66.4 Å². The van der Waals surface area contributed by atoms with Crippen LogP contribution in [0.25, 0.3) is 10.9 Å². The fourth-order valence-corrected chi connectivity index (χ4v) is 4.35. The largest absolute Gasteiger partial charge is 0.481 e. The molecule has 224 valence electrons. The number of nitrogens with one attached hydrogen (secondary N) is 4. The molecule has 0 aliphatic carbocycles. The number of benzene rings is 2. The Balaban J connectivity index is 1.87. The number of H-pyrrole nitrogens is 1.